The second kappa shape index (κ2) is 9.61. The number of nitrogens with zero attached hydrogens (tertiary/aromatic N) is 4. The van der Waals surface area contributed by atoms with Crippen LogP contribution >= 0.6 is 11.6 Å². The van der Waals surface area contributed by atoms with Gasteiger partial charge in [0, 0.05) is 28.9 Å². The number of rotatable bonds is 5. The number of aromatic nitrogens is 2. The maximum absolute atomic E-state index is 13.3. The molecule has 1 aliphatic rings. The van der Waals surface area contributed by atoms with Crippen molar-refractivity contribution < 1.29 is 14.3 Å². The molecule has 0 radical (unpaired) electrons. The van der Waals surface area contributed by atoms with Crippen LogP contribution in [-0.4, -0.2) is 39.6 Å². The van der Waals surface area contributed by atoms with Crippen LogP contribution in [0.15, 0.2) is 71.4 Å². The Balaban J connectivity index is 1.95. The van der Waals surface area contributed by atoms with E-state index in [0.29, 0.717) is 27.6 Å². The van der Waals surface area contributed by atoms with Crippen molar-refractivity contribution in [1.82, 2.24) is 14.7 Å². The van der Waals surface area contributed by atoms with Crippen LogP contribution in [0.2, 0.25) is 5.02 Å². The normalized spacial score (nSPS) is 15.2. The van der Waals surface area contributed by atoms with Crippen LogP contribution in [0.1, 0.15) is 26.3 Å². The van der Waals surface area contributed by atoms with E-state index < -0.39 is 17.9 Å². The number of halogens is 1. The number of nitriles is 1. The summed E-state index contributed by atoms with van der Waals surface area (Å²) in [5.74, 6) is -0.499. The molecule has 4 rings (SSSR count). The highest BCUT2D eigenvalue weighted by molar-refractivity contribution is 6.32. The predicted molar refractivity (Wildman–Crippen MR) is 134 cm³/mol. The maximum Gasteiger partial charge on any atom is 0.271 e. The fourth-order valence-electron chi connectivity index (χ4n) is 3.97. The first kappa shape index (κ1) is 24.0. The summed E-state index contributed by atoms with van der Waals surface area (Å²) < 4.78 is 6.98. The van der Waals surface area contributed by atoms with Crippen LogP contribution in [0, 0.1) is 11.3 Å². The Labute approximate surface area is 208 Å². The van der Waals surface area contributed by atoms with E-state index in [4.69, 9.17) is 21.4 Å². The number of carbonyl (C=O) groups is 2. The number of benzene rings is 2. The van der Waals surface area contributed by atoms with Crippen molar-refractivity contribution in [2.75, 3.05) is 7.11 Å². The monoisotopic (exact) mass is 486 g/mol. The van der Waals surface area contributed by atoms with E-state index in [1.54, 1.807) is 57.0 Å². The first-order valence-corrected chi connectivity index (χ1v) is 11.3. The third-order valence-electron chi connectivity index (χ3n) is 5.78. The molecule has 8 heteroatoms. The molecular formula is C27H23ClN4O3. The number of imide groups is 1. The fraction of sp³-hybridized carbons (Fsp3) is 0.185. The van der Waals surface area contributed by atoms with E-state index in [1.807, 2.05) is 42.5 Å². The second-order valence-corrected chi connectivity index (χ2v) is 8.71. The Morgan fingerprint density at radius 2 is 1.83 bits per heavy atom. The molecule has 0 saturated heterocycles. The minimum absolute atomic E-state index is 0.0472. The van der Waals surface area contributed by atoms with Crippen molar-refractivity contribution in [2.24, 2.45) is 0 Å². The number of methoxy groups -OCH3 is 1. The van der Waals surface area contributed by atoms with Gasteiger partial charge in [-0.3, -0.25) is 14.5 Å². The molecule has 7 nitrogen and oxygen atoms in total. The highest BCUT2D eigenvalue weighted by Gasteiger charge is 2.37. The van der Waals surface area contributed by atoms with Gasteiger partial charge in [-0.1, -0.05) is 29.8 Å². The molecule has 0 fully saturated rings. The molecule has 0 N–H and O–H groups in total. The molecule has 2 heterocycles. The second-order valence-electron chi connectivity index (χ2n) is 8.31. The van der Waals surface area contributed by atoms with Gasteiger partial charge in [0.05, 0.1) is 17.8 Å². The van der Waals surface area contributed by atoms with Gasteiger partial charge in [-0.05, 0) is 62.8 Å². The van der Waals surface area contributed by atoms with Crippen LogP contribution < -0.4 is 4.74 Å². The van der Waals surface area contributed by atoms with Crippen molar-refractivity contribution in [1.29, 1.82) is 5.26 Å². The molecule has 0 aliphatic carbocycles. The van der Waals surface area contributed by atoms with Crippen molar-refractivity contribution in [3.8, 4) is 28.8 Å². The van der Waals surface area contributed by atoms with Gasteiger partial charge in [0.2, 0.25) is 0 Å². The standard InChI is InChI=1S/C27H23ClN4O3/c1-16(2)32-26(33)21(17(3)22(14-29)27(32)34)12-19-15-31(20-8-6-5-7-9-20)30-25(19)18-10-11-24(35-4)23(28)13-18/h5-13,15-16H,1-4H3/b21-12+. The van der Waals surface area contributed by atoms with E-state index in [0.717, 1.165) is 16.2 Å². The van der Waals surface area contributed by atoms with Gasteiger partial charge < -0.3 is 4.74 Å². The lowest BCUT2D eigenvalue weighted by molar-refractivity contribution is -0.142. The van der Waals surface area contributed by atoms with Crippen LogP contribution in [0.25, 0.3) is 23.0 Å². The summed E-state index contributed by atoms with van der Waals surface area (Å²) in [7, 11) is 1.54. The minimum Gasteiger partial charge on any atom is -0.495 e. The van der Waals surface area contributed by atoms with Crippen molar-refractivity contribution in [3.63, 3.8) is 0 Å². The summed E-state index contributed by atoms with van der Waals surface area (Å²) in [5, 5.41) is 14.8. The van der Waals surface area contributed by atoms with Gasteiger partial charge >= 0.3 is 0 Å². The van der Waals surface area contributed by atoms with E-state index in [2.05, 4.69) is 0 Å². The topological polar surface area (TPSA) is 88.2 Å². The summed E-state index contributed by atoms with van der Waals surface area (Å²) in [6.07, 6.45) is 3.48. The van der Waals surface area contributed by atoms with Gasteiger partial charge in [-0.2, -0.15) is 10.4 Å². The maximum atomic E-state index is 13.3. The zero-order chi connectivity index (χ0) is 25.3. The smallest absolute Gasteiger partial charge is 0.271 e. The largest absolute Gasteiger partial charge is 0.495 e. The molecule has 1 aliphatic heterocycles. The molecule has 1 aromatic heterocycles. The summed E-state index contributed by atoms with van der Waals surface area (Å²) in [6, 6.07) is 16.4. The molecule has 0 atom stereocenters. The van der Waals surface area contributed by atoms with Gasteiger partial charge in [-0.25, -0.2) is 4.68 Å². The van der Waals surface area contributed by atoms with E-state index in [-0.39, 0.29) is 11.1 Å². The van der Waals surface area contributed by atoms with Crippen LogP contribution in [0.3, 0.4) is 0 Å². The van der Waals surface area contributed by atoms with Crippen molar-refractivity contribution >= 4 is 29.5 Å². The summed E-state index contributed by atoms with van der Waals surface area (Å²) in [6.45, 7) is 5.09. The van der Waals surface area contributed by atoms with E-state index >= 15 is 0 Å². The number of ether oxygens (including phenoxy) is 1. The number of amides is 2. The highest BCUT2D eigenvalue weighted by atomic mass is 35.5. The molecule has 176 valence electrons. The molecule has 2 aromatic carbocycles. The molecule has 2 amide bonds. The third kappa shape index (κ3) is 4.36. The minimum atomic E-state index is -0.579. The van der Waals surface area contributed by atoms with E-state index in [1.165, 1.54) is 0 Å². The van der Waals surface area contributed by atoms with Crippen LogP contribution in [0.4, 0.5) is 0 Å². The lowest BCUT2D eigenvalue weighted by Crippen LogP contribution is -2.46. The Morgan fingerprint density at radius 1 is 1.11 bits per heavy atom. The summed E-state index contributed by atoms with van der Waals surface area (Å²) in [4.78, 5) is 27.2. The molecule has 3 aromatic rings. The fourth-order valence-corrected chi connectivity index (χ4v) is 4.23. The number of hydrogen-bond donors (Lipinski definition) is 0. The van der Waals surface area contributed by atoms with E-state index in [9.17, 15) is 14.9 Å². The molecular weight excluding hydrogens is 464 g/mol. The number of hydrogen-bond acceptors (Lipinski definition) is 5. The van der Waals surface area contributed by atoms with Crippen molar-refractivity contribution in [2.45, 2.75) is 26.8 Å². The van der Waals surface area contributed by atoms with Gasteiger partial charge in [0.1, 0.15) is 23.1 Å². The van der Waals surface area contributed by atoms with Gasteiger partial charge in [0.25, 0.3) is 11.8 Å². The Bertz CT molecular complexity index is 1430. The highest BCUT2D eigenvalue weighted by Crippen LogP contribution is 2.34. The van der Waals surface area contributed by atoms with Crippen LogP contribution in [0.5, 0.6) is 5.75 Å². The SMILES string of the molecule is COc1ccc(-c2nn(-c3ccccc3)cc2/C=C2/C(=O)N(C(C)C)C(=O)C(C#N)=C2C)cc1Cl. The lowest BCUT2D eigenvalue weighted by atomic mass is 9.92. The third-order valence-corrected chi connectivity index (χ3v) is 6.07. The first-order valence-electron chi connectivity index (χ1n) is 11.0. The predicted octanol–water partition coefficient (Wildman–Crippen LogP) is 5.20. The lowest BCUT2D eigenvalue weighted by Gasteiger charge is -2.30. The quantitative estimate of drug-likeness (QED) is 0.365. The van der Waals surface area contributed by atoms with Gasteiger partial charge in [-0.15, -0.1) is 0 Å². The Hall–Kier alpha value is -4.15. The Morgan fingerprint density at radius 3 is 2.43 bits per heavy atom. The molecule has 35 heavy (non-hydrogen) atoms. The van der Waals surface area contributed by atoms with Crippen molar-refractivity contribution in [3.05, 3.63) is 82.0 Å². The number of carbonyl (C=O) groups excluding carboxylic acids is 2. The Kier molecular flexibility index (Phi) is 6.59. The first-order chi connectivity index (χ1) is 16.8. The molecule has 0 unspecified atom stereocenters. The van der Waals surface area contributed by atoms with Gasteiger partial charge in [0.15, 0.2) is 0 Å². The molecule has 0 bridgehead atoms. The zero-order valence-corrected chi connectivity index (χ0v) is 20.5. The average Bonchev–Trinajstić information content (AvgIpc) is 3.26. The summed E-state index contributed by atoms with van der Waals surface area (Å²) in [5.41, 5.74) is 3.32. The zero-order valence-electron chi connectivity index (χ0n) is 19.7. The summed E-state index contributed by atoms with van der Waals surface area (Å²) >= 11 is 6.38. The average molecular weight is 487 g/mol. The number of para-hydroxylation sites is 1. The molecule has 0 spiro atoms. The molecule has 0 saturated carbocycles. The van der Waals surface area contributed by atoms with Crippen LogP contribution in [-0.2, 0) is 9.59 Å².